The van der Waals surface area contributed by atoms with Gasteiger partial charge in [-0.05, 0) is 25.7 Å². The van der Waals surface area contributed by atoms with E-state index in [-0.39, 0.29) is 11.8 Å². The number of rotatable bonds is 4. The monoisotopic (exact) mass is 340 g/mol. The molecule has 1 aromatic rings. The number of esters is 1. The van der Waals surface area contributed by atoms with E-state index >= 15 is 0 Å². The van der Waals surface area contributed by atoms with E-state index in [1.165, 1.54) is 18.4 Å². The number of amides is 1. The predicted molar refractivity (Wildman–Crippen MR) is 87.6 cm³/mol. The minimum atomic E-state index is -1.10. The Morgan fingerprint density at radius 2 is 1.96 bits per heavy atom. The molecular weight excluding hydrogens is 316 g/mol. The number of carbonyl (C=O) groups is 2. The van der Waals surface area contributed by atoms with E-state index in [1.54, 1.807) is 4.90 Å². The topological polar surface area (TPSA) is 79.7 Å². The molecule has 1 unspecified atom stereocenters. The van der Waals surface area contributed by atoms with Crippen molar-refractivity contribution in [3.05, 3.63) is 15.6 Å². The SMILES string of the molecule is COC(=O)C(O)C1CCN(C(=O)c2sc(C(C)C)nc2C)CC1. The summed E-state index contributed by atoms with van der Waals surface area (Å²) in [7, 11) is 1.27. The molecule has 0 spiro atoms. The molecule has 0 bridgehead atoms. The van der Waals surface area contributed by atoms with E-state index in [1.807, 2.05) is 6.92 Å². The Bertz CT molecular complexity index is 577. The number of carbonyl (C=O) groups excluding carboxylic acids is 2. The summed E-state index contributed by atoms with van der Waals surface area (Å²) in [6.45, 7) is 7.06. The van der Waals surface area contributed by atoms with E-state index < -0.39 is 12.1 Å². The van der Waals surface area contributed by atoms with Crippen molar-refractivity contribution < 1.29 is 19.4 Å². The molecule has 1 N–H and O–H groups in total. The average Bonchev–Trinajstić information content (AvgIpc) is 2.95. The number of aromatic nitrogens is 1. The molecule has 6 nitrogen and oxygen atoms in total. The van der Waals surface area contributed by atoms with Gasteiger partial charge in [0.2, 0.25) is 0 Å². The number of aliphatic hydroxyl groups excluding tert-OH is 1. The number of thiazole rings is 1. The highest BCUT2D eigenvalue weighted by Crippen LogP contribution is 2.28. The molecule has 1 saturated heterocycles. The van der Waals surface area contributed by atoms with Gasteiger partial charge < -0.3 is 14.7 Å². The lowest BCUT2D eigenvalue weighted by Crippen LogP contribution is -2.43. The van der Waals surface area contributed by atoms with Crippen LogP contribution in [0.1, 0.15) is 53.0 Å². The quantitative estimate of drug-likeness (QED) is 0.848. The summed E-state index contributed by atoms with van der Waals surface area (Å²) in [5.74, 6) is -0.450. The van der Waals surface area contributed by atoms with E-state index in [9.17, 15) is 14.7 Å². The Kier molecular flexibility index (Phi) is 5.75. The third-order valence-corrected chi connectivity index (χ3v) is 5.66. The highest BCUT2D eigenvalue weighted by Gasteiger charge is 2.33. The summed E-state index contributed by atoms with van der Waals surface area (Å²) in [6.07, 6.45) is 0.0864. The number of aryl methyl sites for hydroxylation is 1. The van der Waals surface area contributed by atoms with Crippen molar-refractivity contribution in [2.75, 3.05) is 20.2 Å². The first-order chi connectivity index (χ1) is 10.8. The van der Waals surface area contributed by atoms with Crippen LogP contribution in [-0.2, 0) is 9.53 Å². The summed E-state index contributed by atoms with van der Waals surface area (Å²) in [5, 5.41) is 10.9. The molecule has 2 rings (SSSR count). The van der Waals surface area contributed by atoms with Crippen molar-refractivity contribution in [3.8, 4) is 0 Å². The van der Waals surface area contributed by atoms with Crippen molar-refractivity contribution in [1.82, 2.24) is 9.88 Å². The van der Waals surface area contributed by atoms with Crippen LogP contribution in [0.2, 0.25) is 0 Å². The van der Waals surface area contributed by atoms with Crippen molar-refractivity contribution >= 4 is 23.2 Å². The molecule has 1 amide bonds. The Balaban J connectivity index is 2.00. The number of piperidine rings is 1. The fourth-order valence-electron chi connectivity index (χ4n) is 2.74. The second kappa shape index (κ2) is 7.40. The molecule has 23 heavy (non-hydrogen) atoms. The lowest BCUT2D eigenvalue weighted by Gasteiger charge is -2.33. The van der Waals surface area contributed by atoms with Gasteiger partial charge in [0.15, 0.2) is 6.10 Å². The lowest BCUT2D eigenvalue weighted by molar-refractivity contribution is -0.154. The first-order valence-corrected chi connectivity index (χ1v) is 8.69. The molecule has 128 valence electrons. The summed E-state index contributed by atoms with van der Waals surface area (Å²) in [6, 6.07) is 0. The van der Waals surface area contributed by atoms with E-state index in [2.05, 4.69) is 23.6 Å². The number of aliphatic hydroxyl groups is 1. The second-order valence-corrected chi connectivity index (χ2v) is 7.25. The van der Waals surface area contributed by atoms with Crippen molar-refractivity contribution in [3.63, 3.8) is 0 Å². The Morgan fingerprint density at radius 3 is 2.43 bits per heavy atom. The zero-order valence-corrected chi connectivity index (χ0v) is 14.9. The summed E-state index contributed by atoms with van der Waals surface area (Å²) >= 11 is 1.46. The predicted octanol–water partition coefficient (Wildman–Crippen LogP) is 1.96. The van der Waals surface area contributed by atoms with Crippen LogP contribution in [0.5, 0.6) is 0 Å². The summed E-state index contributed by atoms with van der Waals surface area (Å²) in [4.78, 5) is 31.0. The number of hydrogen-bond acceptors (Lipinski definition) is 6. The van der Waals surface area contributed by atoms with Crippen molar-refractivity contribution in [1.29, 1.82) is 0 Å². The molecule has 0 aromatic carbocycles. The highest BCUT2D eigenvalue weighted by molar-refractivity contribution is 7.13. The third-order valence-electron chi connectivity index (χ3n) is 4.22. The Labute approximate surface area is 140 Å². The maximum atomic E-state index is 12.7. The van der Waals surface area contributed by atoms with Gasteiger partial charge in [-0.2, -0.15) is 0 Å². The van der Waals surface area contributed by atoms with Crippen LogP contribution >= 0.6 is 11.3 Å². The average molecular weight is 340 g/mol. The molecule has 7 heteroatoms. The molecule has 1 aliphatic rings. The highest BCUT2D eigenvalue weighted by atomic mass is 32.1. The number of methoxy groups -OCH3 is 1. The van der Waals surface area contributed by atoms with E-state index in [0.29, 0.717) is 36.7 Å². The molecule has 0 radical (unpaired) electrons. The van der Waals surface area contributed by atoms with Gasteiger partial charge in [-0.3, -0.25) is 4.79 Å². The largest absolute Gasteiger partial charge is 0.467 e. The second-order valence-electron chi connectivity index (χ2n) is 6.22. The van der Waals surface area contributed by atoms with Crippen molar-refractivity contribution in [2.24, 2.45) is 5.92 Å². The van der Waals surface area contributed by atoms with Crippen LogP contribution in [0.15, 0.2) is 0 Å². The van der Waals surface area contributed by atoms with E-state index in [0.717, 1.165) is 10.7 Å². The summed E-state index contributed by atoms with van der Waals surface area (Å²) < 4.78 is 4.57. The number of likely N-dealkylation sites (tertiary alicyclic amines) is 1. The van der Waals surface area contributed by atoms with Gasteiger partial charge in [0.1, 0.15) is 4.88 Å². The molecule has 0 aliphatic carbocycles. The van der Waals surface area contributed by atoms with Gasteiger partial charge >= 0.3 is 5.97 Å². The fraction of sp³-hybridized carbons (Fsp3) is 0.688. The molecule has 2 heterocycles. The summed E-state index contributed by atoms with van der Waals surface area (Å²) in [5.41, 5.74) is 0.778. The first-order valence-electron chi connectivity index (χ1n) is 7.87. The number of hydrogen-bond donors (Lipinski definition) is 1. The van der Waals surface area contributed by atoms with Crippen LogP contribution in [0.3, 0.4) is 0 Å². The maximum absolute atomic E-state index is 12.7. The van der Waals surface area contributed by atoms with Gasteiger partial charge in [-0.25, -0.2) is 9.78 Å². The minimum absolute atomic E-state index is 0.00194. The maximum Gasteiger partial charge on any atom is 0.334 e. The first kappa shape index (κ1) is 17.9. The molecule has 1 atom stereocenters. The Morgan fingerprint density at radius 1 is 1.35 bits per heavy atom. The molecular formula is C16H24N2O4S. The normalized spacial score (nSPS) is 17.4. The molecule has 1 aromatic heterocycles. The number of nitrogens with zero attached hydrogens (tertiary/aromatic N) is 2. The molecule has 1 fully saturated rings. The third kappa shape index (κ3) is 3.90. The van der Waals surface area contributed by atoms with Crippen LogP contribution in [0.4, 0.5) is 0 Å². The minimum Gasteiger partial charge on any atom is -0.467 e. The smallest absolute Gasteiger partial charge is 0.334 e. The standard InChI is InChI=1S/C16H24N2O4S/c1-9(2)14-17-10(3)13(23-14)15(20)18-7-5-11(6-8-18)12(19)16(21)22-4/h9,11-12,19H,5-8H2,1-4H3. The van der Waals surface area contributed by atoms with Crippen LogP contribution in [0.25, 0.3) is 0 Å². The fourth-order valence-corrected chi connectivity index (χ4v) is 3.77. The number of ether oxygens (including phenoxy) is 1. The van der Waals surface area contributed by atoms with Gasteiger partial charge in [0, 0.05) is 19.0 Å². The van der Waals surface area contributed by atoms with Crippen LogP contribution in [0, 0.1) is 12.8 Å². The van der Waals surface area contributed by atoms with E-state index in [4.69, 9.17) is 0 Å². The van der Waals surface area contributed by atoms with Gasteiger partial charge in [0.25, 0.3) is 5.91 Å². The zero-order chi connectivity index (χ0) is 17.1. The lowest BCUT2D eigenvalue weighted by atomic mass is 9.91. The van der Waals surface area contributed by atoms with Crippen LogP contribution in [-0.4, -0.2) is 53.2 Å². The molecule has 0 saturated carbocycles. The molecule has 1 aliphatic heterocycles. The van der Waals surface area contributed by atoms with Crippen molar-refractivity contribution in [2.45, 2.75) is 45.6 Å². The van der Waals surface area contributed by atoms with Gasteiger partial charge in [0.05, 0.1) is 17.8 Å². The van der Waals surface area contributed by atoms with Gasteiger partial charge in [-0.15, -0.1) is 11.3 Å². The van der Waals surface area contributed by atoms with Crippen LogP contribution < -0.4 is 0 Å². The van der Waals surface area contributed by atoms with Gasteiger partial charge in [-0.1, -0.05) is 13.8 Å². The zero-order valence-electron chi connectivity index (χ0n) is 14.0. The Hall–Kier alpha value is -1.47.